The molecule has 1 rings (SSSR count). The van der Waals surface area contributed by atoms with Gasteiger partial charge in [0.1, 0.15) is 5.82 Å². The molecule has 0 unspecified atom stereocenters. The Bertz CT molecular complexity index is 297. The highest BCUT2D eigenvalue weighted by atomic mass is 19.1. The van der Waals surface area contributed by atoms with Crippen LogP contribution in [0.25, 0.3) is 0 Å². The van der Waals surface area contributed by atoms with Crippen molar-refractivity contribution in [1.29, 1.82) is 0 Å². The molecule has 0 aliphatic heterocycles. The second kappa shape index (κ2) is 6.57. The van der Waals surface area contributed by atoms with Gasteiger partial charge in [-0.2, -0.15) is 0 Å². The second-order valence-electron chi connectivity index (χ2n) is 3.94. The predicted molar refractivity (Wildman–Crippen MR) is 62.6 cm³/mol. The number of nitrogens with one attached hydrogen (secondary N) is 1. The minimum Gasteiger partial charge on any atom is -0.316 e. The van der Waals surface area contributed by atoms with Crippen LogP contribution in [0.4, 0.5) is 4.39 Å². The Hall–Kier alpha value is -0.890. The van der Waals surface area contributed by atoms with Crippen LogP contribution in [-0.2, 0) is 6.42 Å². The molecule has 0 aliphatic rings. The molecular formula is C13H20FN. The maximum absolute atomic E-state index is 13.0. The lowest BCUT2D eigenvalue weighted by atomic mass is 10.1. The van der Waals surface area contributed by atoms with Gasteiger partial charge in [-0.05, 0) is 50.0 Å². The molecule has 1 aromatic rings. The van der Waals surface area contributed by atoms with Gasteiger partial charge in [-0.1, -0.05) is 25.5 Å². The van der Waals surface area contributed by atoms with Crippen LogP contribution in [0.3, 0.4) is 0 Å². The van der Waals surface area contributed by atoms with E-state index in [2.05, 4.69) is 12.2 Å². The number of halogens is 1. The van der Waals surface area contributed by atoms with Crippen molar-refractivity contribution in [1.82, 2.24) is 5.32 Å². The minimum absolute atomic E-state index is 0.113. The molecule has 0 spiro atoms. The predicted octanol–water partition coefficient (Wildman–Crippen LogP) is 3.07. The van der Waals surface area contributed by atoms with Gasteiger partial charge in [-0.25, -0.2) is 4.39 Å². The van der Waals surface area contributed by atoms with E-state index in [-0.39, 0.29) is 5.82 Å². The Morgan fingerprint density at radius 2 is 2.07 bits per heavy atom. The number of aryl methyl sites for hydroxylation is 1. The molecule has 0 saturated heterocycles. The van der Waals surface area contributed by atoms with Gasteiger partial charge >= 0.3 is 0 Å². The molecule has 15 heavy (non-hydrogen) atoms. The van der Waals surface area contributed by atoms with Crippen LogP contribution in [0.2, 0.25) is 0 Å². The Morgan fingerprint density at radius 1 is 1.27 bits per heavy atom. The van der Waals surface area contributed by atoms with Gasteiger partial charge in [0, 0.05) is 0 Å². The normalized spacial score (nSPS) is 10.6. The second-order valence-corrected chi connectivity index (χ2v) is 3.94. The van der Waals surface area contributed by atoms with Crippen LogP contribution in [0.1, 0.15) is 30.9 Å². The van der Waals surface area contributed by atoms with E-state index in [1.54, 1.807) is 6.07 Å². The van der Waals surface area contributed by atoms with Gasteiger partial charge in [-0.3, -0.25) is 0 Å². The zero-order chi connectivity index (χ0) is 11.1. The zero-order valence-corrected chi connectivity index (χ0v) is 9.65. The summed E-state index contributed by atoms with van der Waals surface area (Å²) in [7, 11) is 0. The molecule has 0 saturated carbocycles. The van der Waals surface area contributed by atoms with Gasteiger partial charge in [0.2, 0.25) is 0 Å². The summed E-state index contributed by atoms with van der Waals surface area (Å²) in [6, 6.07) is 5.34. The van der Waals surface area contributed by atoms with Gasteiger partial charge in [0.15, 0.2) is 0 Å². The van der Waals surface area contributed by atoms with Crippen LogP contribution in [-0.4, -0.2) is 13.1 Å². The summed E-state index contributed by atoms with van der Waals surface area (Å²) in [5.41, 5.74) is 1.94. The molecule has 0 radical (unpaired) electrons. The summed E-state index contributed by atoms with van der Waals surface area (Å²) < 4.78 is 13.0. The molecule has 1 N–H and O–H groups in total. The molecule has 0 aliphatic carbocycles. The van der Waals surface area contributed by atoms with E-state index in [0.717, 1.165) is 25.1 Å². The molecule has 0 fully saturated rings. The van der Waals surface area contributed by atoms with Crippen LogP contribution >= 0.6 is 0 Å². The monoisotopic (exact) mass is 209 g/mol. The molecular weight excluding hydrogens is 189 g/mol. The highest BCUT2D eigenvalue weighted by Gasteiger charge is 1.98. The van der Waals surface area contributed by atoms with E-state index in [9.17, 15) is 4.39 Å². The summed E-state index contributed by atoms with van der Waals surface area (Å²) >= 11 is 0. The maximum atomic E-state index is 13.0. The number of hydrogen-bond acceptors (Lipinski definition) is 1. The zero-order valence-electron chi connectivity index (χ0n) is 9.65. The van der Waals surface area contributed by atoms with E-state index < -0.39 is 0 Å². The van der Waals surface area contributed by atoms with Crippen LogP contribution in [0.5, 0.6) is 0 Å². The number of benzene rings is 1. The van der Waals surface area contributed by atoms with E-state index in [1.807, 2.05) is 19.1 Å². The van der Waals surface area contributed by atoms with Crippen molar-refractivity contribution in [3.8, 4) is 0 Å². The van der Waals surface area contributed by atoms with Gasteiger partial charge in [0.25, 0.3) is 0 Å². The van der Waals surface area contributed by atoms with Crippen molar-refractivity contribution in [2.75, 3.05) is 13.1 Å². The minimum atomic E-state index is -0.113. The SMILES string of the molecule is CCCCNCCc1ccc(F)c(C)c1. The lowest BCUT2D eigenvalue weighted by Gasteiger charge is -2.05. The standard InChI is InChI=1S/C13H20FN/c1-3-4-8-15-9-7-12-5-6-13(14)11(2)10-12/h5-6,10,15H,3-4,7-9H2,1-2H3. The summed E-state index contributed by atoms with van der Waals surface area (Å²) in [5.74, 6) is -0.113. The fourth-order valence-corrected chi connectivity index (χ4v) is 1.52. The third kappa shape index (κ3) is 4.43. The first-order valence-corrected chi connectivity index (χ1v) is 5.69. The third-order valence-electron chi connectivity index (χ3n) is 2.52. The number of hydrogen-bond donors (Lipinski definition) is 1. The highest BCUT2D eigenvalue weighted by Crippen LogP contribution is 2.09. The van der Waals surface area contributed by atoms with Crippen LogP contribution < -0.4 is 5.32 Å². The molecule has 84 valence electrons. The van der Waals surface area contributed by atoms with Gasteiger partial charge in [0.05, 0.1) is 0 Å². The first kappa shape index (κ1) is 12.2. The van der Waals surface area contributed by atoms with Crippen molar-refractivity contribution < 1.29 is 4.39 Å². The molecule has 2 heteroatoms. The average molecular weight is 209 g/mol. The van der Waals surface area contributed by atoms with Gasteiger partial charge in [-0.15, -0.1) is 0 Å². The third-order valence-corrected chi connectivity index (χ3v) is 2.52. The molecule has 0 heterocycles. The smallest absolute Gasteiger partial charge is 0.126 e. The van der Waals surface area contributed by atoms with Crippen molar-refractivity contribution in [2.24, 2.45) is 0 Å². The first-order valence-electron chi connectivity index (χ1n) is 5.69. The fraction of sp³-hybridized carbons (Fsp3) is 0.538. The van der Waals surface area contributed by atoms with E-state index >= 15 is 0 Å². The van der Waals surface area contributed by atoms with E-state index in [1.165, 1.54) is 18.4 Å². The summed E-state index contributed by atoms with van der Waals surface area (Å²) in [6.07, 6.45) is 3.43. The summed E-state index contributed by atoms with van der Waals surface area (Å²) in [5, 5.41) is 3.38. The Balaban J connectivity index is 2.28. The van der Waals surface area contributed by atoms with Crippen molar-refractivity contribution in [3.63, 3.8) is 0 Å². The number of unbranched alkanes of at least 4 members (excludes halogenated alkanes) is 1. The number of rotatable bonds is 6. The van der Waals surface area contributed by atoms with Crippen LogP contribution in [0, 0.1) is 12.7 Å². The molecule has 0 aromatic heterocycles. The lowest BCUT2D eigenvalue weighted by Crippen LogP contribution is -2.18. The summed E-state index contributed by atoms with van der Waals surface area (Å²) in [4.78, 5) is 0. The molecule has 0 bridgehead atoms. The topological polar surface area (TPSA) is 12.0 Å². The van der Waals surface area contributed by atoms with E-state index in [4.69, 9.17) is 0 Å². The quantitative estimate of drug-likeness (QED) is 0.710. The maximum Gasteiger partial charge on any atom is 0.126 e. The van der Waals surface area contributed by atoms with Crippen molar-refractivity contribution in [2.45, 2.75) is 33.1 Å². The summed E-state index contributed by atoms with van der Waals surface area (Å²) in [6.45, 7) is 6.05. The Kier molecular flexibility index (Phi) is 5.33. The Labute approximate surface area is 91.7 Å². The van der Waals surface area contributed by atoms with E-state index in [0.29, 0.717) is 0 Å². The lowest BCUT2D eigenvalue weighted by molar-refractivity contribution is 0.615. The van der Waals surface area contributed by atoms with Crippen molar-refractivity contribution in [3.05, 3.63) is 35.1 Å². The average Bonchev–Trinajstić information content (AvgIpc) is 2.23. The molecule has 0 atom stereocenters. The largest absolute Gasteiger partial charge is 0.316 e. The molecule has 1 aromatic carbocycles. The Morgan fingerprint density at radius 3 is 2.73 bits per heavy atom. The molecule has 1 nitrogen and oxygen atoms in total. The highest BCUT2D eigenvalue weighted by molar-refractivity contribution is 5.24. The first-order chi connectivity index (χ1) is 7.24. The van der Waals surface area contributed by atoms with Gasteiger partial charge < -0.3 is 5.32 Å². The molecule has 0 amide bonds. The van der Waals surface area contributed by atoms with Crippen LogP contribution in [0.15, 0.2) is 18.2 Å². The van der Waals surface area contributed by atoms with Crippen molar-refractivity contribution >= 4 is 0 Å². The fourth-order valence-electron chi connectivity index (χ4n) is 1.52.